The number of hydrogen-bond donors (Lipinski definition) is 0. The maximum absolute atomic E-state index is 13.4. The highest BCUT2D eigenvalue weighted by atomic mass is 16.5. The molecule has 0 radical (unpaired) electrons. The van der Waals surface area contributed by atoms with Crippen molar-refractivity contribution in [3.05, 3.63) is 78.1 Å². The number of likely N-dealkylation sites (tertiary alicyclic amines) is 1. The van der Waals surface area contributed by atoms with Crippen molar-refractivity contribution in [2.45, 2.75) is 39.5 Å². The Morgan fingerprint density at radius 2 is 1.85 bits per heavy atom. The molecule has 5 rings (SSSR count). The summed E-state index contributed by atoms with van der Waals surface area (Å²) in [5, 5.41) is 0. The van der Waals surface area contributed by atoms with Gasteiger partial charge in [0.15, 0.2) is 0 Å². The molecule has 0 aliphatic carbocycles. The van der Waals surface area contributed by atoms with Crippen molar-refractivity contribution in [1.82, 2.24) is 14.3 Å². The van der Waals surface area contributed by atoms with Crippen LogP contribution < -0.4 is 4.74 Å². The highest BCUT2D eigenvalue weighted by Gasteiger charge is 2.29. The molecular weight excluding hydrogens is 490 g/mol. The molecule has 7 heteroatoms. The van der Waals surface area contributed by atoms with Crippen molar-refractivity contribution < 1.29 is 19.1 Å². The van der Waals surface area contributed by atoms with Gasteiger partial charge < -0.3 is 18.8 Å². The van der Waals surface area contributed by atoms with Crippen LogP contribution in [0.4, 0.5) is 0 Å². The summed E-state index contributed by atoms with van der Waals surface area (Å²) in [6.07, 6.45) is 4.52. The highest BCUT2D eigenvalue weighted by molar-refractivity contribution is 5.79. The SMILES string of the molecule is CCOC(=O)C1CCCN(C(=O)CCc2c(-c3cccc(OC)c3)nc3ccc(-c4cccc(C)c4)cn23)C1. The molecule has 39 heavy (non-hydrogen) atoms. The van der Waals surface area contributed by atoms with E-state index in [1.54, 1.807) is 7.11 Å². The molecule has 1 atom stereocenters. The molecule has 0 saturated carbocycles. The normalized spacial score (nSPS) is 15.4. The molecule has 3 heterocycles. The van der Waals surface area contributed by atoms with E-state index >= 15 is 0 Å². The van der Waals surface area contributed by atoms with Crippen molar-refractivity contribution in [1.29, 1.82) is 0 Å². The average Bonchev–Trinajstić information content (AvgIpc) is 3.34. The number of hydrogen-bond acceptors (Lipinski definition) is 5. The lowest BCUT2D eigenvalue weighted by Crippen LogP contribution is -2.42. The number of aryl methyl sites for hydroxylation is 2. The second-order valence-corrected chi connectivity index (χ2v) is 10.1. The minimum Gasteiger partial charge on any atom is -0.497 e. The van der Waals surface area contributed by atoms with Gasteiger partial charge in [0, 0.05) is 31.3 Å². The number of carbonyl (C=O) groups excluding carboxylic acids is 2. The van der Waals surface area contributed by atoms with E-state index < -0.39 is 0 Å². The third-order valence-corrected chi connectivity index (χ3v) is 7.38. The Hall–Kier alpha value is -4.13. The lowest BCUT2D eigenvalue weighted by atomic mass is 9.97. The molecule has 1 fully saturated rings. The zero-order chi connectivity index (χ0) is 27.4. The number of imidazole rings is 1. The molecule has 1 aliphatic heterocycles. The topological polar surface area (TPSA) is 73.1 Å². The molecule has 2 aromatic heterocycles. The molecule has 1 saturated heterocycles. The molecule has 202 valence electrons. The van der Waals surface area contributed by atoms with E-state index in [9.17, 15) is 9.59 Å². The van der Waals surface area contributed by atoms with Crippen LogP contribution in [0.25, 0.3) is 28.0 Å². The van der Waals surface area contributed by atoms with Crippen LogP contribution in [0, 0.1) is 12.8 Å². The number of nitrogens with zero attached hydrogens (tertiary/aromatic N) is 3. The van der Waals surface area contributed by atoms with Gasteiger partial charge in [0.25, 0.3) is 0 Å². The first-order valence-corrected chi connectivity index (χ1v) is 13.6. The van der Waals surface area contributed by atoms with Gasteiger partial charge in [-0.2, -0.15) is 0 Å². The Kier molecular flexibility index (Phi) is 7.96. The minimum absolute atomic E-state index is 0.0466. The third kappa shape index (κ3) is 5.82. The first-order chi connectivity index (χ1) is 19.0. The van der Waals surface area contributed by atoms with E-state index in [1.165, 1.54) is 5.56 Å². The number of benzene rings is 2. The Balaban J connectivity index is 1.47. The summed E-state index contributed by atoms with van der Waals surface area (Å²) in [7, 11) is 1.65. The Bertz CT molecular complexity index is 1490. The van der Waals surface area contributed by atoms with E-state index in [4.69, 9.17) is 14.5 Å². The molecule has 0 N–H and O–H groups in total. The third-order valence-electron chi connectivity index (χ3n) is 7.38. The second kappa shape index (κ2) is 11.7. The lowest BCUT2D eigenvalue weighted by molar-refractivity contribution is -0.151. The van der Waals surface area contributed by atoms with Crippen molar-refractivity contribution in [2.24, 2.45) is 5.92 Å². The van der Waals surface area contributed by atoms with Crippen molar-refractivity contribution in [3.8, 4) is 28.1 Å². The van der Waals surface area contributed by atoms with E-state index in [0.29, 0.717) is 32.5 Å². The van der Waals surface area contributed by atoms with Crippen LogP contribution >= 0.6 is 0 Å². The van der Waals surface area contributed by atoms with Gasteiger partial charge in [-0.05, 0) is 68.5 Å². The maximum atomic E-state index is 13.4. The number of fused-ring (bicyclic) bond motifs is 1. The number of piperidine rings is 1. The smallest absolute Gasteiger partial charge is 0.310 e. The van der Waals surface area contributed by atoms with Crippen LogP contribution in [0.1, 0.15) is 37.4 Å². The van der Waals surface area contributed by atoms with Gasteiger partial charge in [-0.1, -0.05) is 42.0 Å². The molecule has 7 nitrogen and oxygen atoms in total. The van der Waals surface area contributed by atoms with E-state index in [-0.39, 0.29) is 17.8 Å². The quantitative estimate of drug-likeness (QED) is 0.275. The Morgan fingerprint density at radius 3 is 2.64 bits per heavy atom. The molecule has 1 unspecified atom stereocenters. The number of carbonyl (C=O) groups is 2. The van der Waals surface area contributed by atoms with Gasteiger partial charge in [-0.25, -0.2) is 4.98 Å². The number of ether oxygens (including phenoxy) is 2. The number of pyridine rings is 1. The Morgan fingerprint density at radius 1 is 1.03 bits per heavy atom. The monoisotopic (exact) mass is 525 g/mol. The molecule has 0 bridgehead atoms. The molecule has 4 aromatic rings. The fourth-order valence-corrected chi connectivity index (χ4v) is 5.37. The standard InChI is InChI=1S/C32H35N3O4/c1-4-39-32(37)26-11-7-17-34(20-26)30(36)16-14-28-31(24-10-6-12-27(19-24)38-3)33-29-15-13-25(21-35(28)29)23-9-5-8-22(2)18-23/h5-6,8-10,12-13,15,18-19,21,26H,4,7,11,14,16-17,20H2,1-3H3. The lowest BCUT2D eigenvalue weighted by Gasteiger charge is -2.31. The largest absolute Gasteiger partial charge is 0.497 e. The van der Waals surface area contributed by atoms with Gasteiger partial charge in [0.1, 0.15) is 11.4 Å². The number of esters is 1. The van der Waals surface area contributed by atoms with Gasteiger partial charge in [0.05, 0.1) is 31.0 Å². The second-order valence-electron chi connectivity index (χ2n) is 10.1. The summed E-state index contributed by atoms with van der Waals surface area (Å²) in [5.41, 5.74) is 7.00. The van der Waals surface area contributed by atoms with Crippen LogP contribution in [0.5, 0.6) is 5.75 Å². The molecule has 0 spiro atoms. The van der Waals surface area contributed by atoms with E-state index in [2.05, 4.69) is 47.9 Å². The van der Waals surface area contributed by atoms with Gasteiger partial charge >= 0.3 is 5.97 Å². The zero-order valence-electron chi connectivity index (χ0n) is 22.9. The molecule has 1 amide bonds. The molecular formula is C32H35N3O4. The number of methoxy groups -OCH3 is 1. The van der Waals surface area contributed by atoms with Crippen molar-refractivity contribution in [2.75, 3.05) is 26.8 Å². The number of amides is 1. The summed E-state index contributed by atoms with van der Waals surface area (Å²) in [6, 6.07) is 20.4. The summed E-state index contributed by atoms with van der Waals surface area (Å²) >= 11 is 0. The molecule has 1 aliphatic rings. The van der Waals surface area contributed by atoms with Crippen LogP contribution in [0.3, 0.4) is 0 Å². The first-order valence-electron chi connectivity index (χ1n) is 13.6. The number of aromatic nitrogens is 2. The summed E-state index contributed by atoms with van der Waals surface area (Å²) < 4.78 is 12.8. The molecule has 2 aromatic carbocycles. The Labute approximate surface area is 229 Å². The van der Waals surface area contributed by atoms with Crippen LogP contribution in [0.2, 0.25) is 0 Å². The predicted octanol–water partition coefficient (Wildman–Crippen LogP) is 5.72. The fraction of sp³-hybridized carbons (Fsp3) is 0.344. The van der Waals surface area contributed by atoms with Crippen LogP contribution in [0.15, 0.2) is 66.9 Å². The fourth-order valence-electron chi connectivity index (χ4n) is 5.37. The summed E-state index contributed by atoms with van der Waals surface area (Å²) in [4.78, 5) is 32.4. The van der Waals surface area contributed by atoms with E-state index in [1.807, 2.05) is 42.2 Å². The minimum atomic E-state index is -0.248. The first kappa shape index (κ1) is 26.5. The predicted molar refractivity (Wildman–Crippen MR) is 152 cm³/mol. The average molecular weight is 526 g/mol. The number of rotatable bonds is 8. The van der Waals surface area contributed by atoms with Crippen molar-refractivity contribution >= 4 is 17.5 Å². The summed E-state index contributed by atoms with van der Waals surface area (Å²) in [5.74, 6) is 0.346. The highest BCUT2D eigenvalue weighted by Crippen LogP contribution is 2.31. The van der Waals surface area contributed by atoms with Crippen LogP contribution in [-0.4, -0.2) is 53.0 Å². The van der Waals surface area contributed by atoms with Gasteiger partial charge in [-0.15, -0.1) is 0 Å². The maximum Gasteiger partial charge on any atom is 0.310 e. The summed E-state index contributed by atoms with van der Waals surface area (Å²) in [6.45, 7) is 5.34. The van der Waals surface area contributed by atoms with Gasteiger partial charge in [0.2, 0.25) is 5.91 Å². The van der Waals surface area contributed by atoms with Crippen LogP contribution in [-0.2, 0) is 20.7 Å². The van der Waals surface area contributed by atoms with Crippen molar-refractivity contribution in [3.63, 3.8) is 0 Å². The van der Waals surface area contributed by atoms with Gasteiger partial charge in [-0.3, -0.25) is 9.59 Å². The van der Waals surface area contributed by atoms with E-state index in [0.717, 1.165) is 52.3 Å². The zero-order valence-corrected chi connectivity index (χ0v) is 22.9.